The maximum Gasteiger partial charge on any atom is 0.241 e. The van der Waals surface area contributed by atoms with Crippen LogP contribution in [-0.2, 0) is 4.79 Å². The van der Waals surface area contributed by atoms with Gasteiger partial charge in [-0.3, -0.25) is 4.79 Å². The largest absolute Gasteiger partial charge is 0.366 e. The minimum Gasteiger partial charge on any atom is -0.366 e. The topological polar surface area (TPSA) is 43.1 Å². The van der Waals surface area contributed by atoms with E-state index in [1.54, 1.807) is 13.0 Å². The van der Waals surface area contributed by atoms with Crippen molar-refractivity contribution in [2.75, 3.05) is 0 Å². The molecule has 0 aromatic heterocycles. The fraction of sp³-hybridized carbons (Fsp3) is 0.167. The zero-order chi connectivity index (χ0) is 6.57. The van der Waals surface area contributed by atoms with Gasteiger partial charge >= 0.3 is 0 Å². The van der Waals surface area contributed by atoms with Crippen molar-refractivity contribution in [3.63, 3.8) is 0 Å². The summed E-state index contributed by atoms with van der Waals surface area (Å²) in [7, 11) is 0. The normalized spacial score (nSPS) is 10.9. The van der Waals surface area contributed by atoms with E-state index >= 15 is 0 Å². The lowest BCUT2D eigenvalue weighted by molar-refractivity contribution is -0.113. The van der Waals surface area contributed by atoms with Crippen LogP contribution in [0.4, 0.5) is 0 Å². The molecule has 0 unspecified atom stereocenters. The van der Waals surface area contributed by atoms with Gasteiger partial charge in [-0.15, -0.1) is 0 Å². The second kappa shape index (κ2) is 3.02. The quantitative estimate of drug-likeness (QED) is 0.411. The molecule has 0 aliphatic heterocycles. The van der Waals surface area contributed by atoms with Gasteiger partial charge in [-0.25, -0.2) is 0 Å². The van der Waals surface area contributed by atoms with Crippen LogP contribution in [-0.4, -0.2) is 5.91 Å². The molecule has 0 atom stereocenters. The van der Waals surface area contributed by atoms with Crippen LogP contribution in [0.25, 0.3) is 0 Å². The van der Waals surface area contributed by atoms with E-state index < -0.39 is 5.91 Å². The Balaban J connectivity index is 3.94. The summed E-state index contributed by atoms with van der Waals surface area (Å²) >= 11 is 0. The van der Waals surface area contributed by atoms with Crippen molar-refractivity contribution < 1.29 is 4.79 Å². The predicted molar refractivity (Wildman–Crippen MR) is 33.1 cm³/mol. The molecule has 0 radical (unpaired) electrons. The molecule has 0 aliphatic rings. The van der Waals surface area contributed by atoms with Crippen LogP contribution in [0.1, 0.15) is 6.92 Å². The first-order chi connectivity index (χ1) is 3.66. The number of carbonyl (C=O) groups is 1. The van der Waals surface area contributed by atoms with Crippen LogP contribution in [0.5, 0.6) is 0 Å². The first-order valence-corrected chi connectivity index (χ1v) is 2.27. The van der Waals surface area contributed by atoms with Crippen molar-refractivity contribution in [3.05, 3.63) is 24.3 Å². The third kappa shape index (κ3) is 3.15. The zero-order valence-corrected chi connectivity index (χ0v) is 4.85. The lowest BCUT2D eigenvalue weighted by atomic mass is 10.3. The summed E-state index contributed by atoms with van der Waals surface area (Å²) in [5.74, 6) is -0.428. The van der Waals surface area contributed by atoms with Gasteiger partial charge in [0.05, 0.1) is 0 Å². The number of nitrogens with two attached hydrogens (primary N) is 1. The monoisotopic (exact) mass is 111 g/mol. The van der Waals surface area contributed by atoms with Crippen molar-refractivity contribution >= 4 is 5.91 Å². The van der Waals surface area contributed by atoms with Crippen LogP contribution >= 0.6 is 0 Å². The molecule has 0 saturated carbocycles. The molecule has 0 aliphatic carbocycles. The van der Waals surface area contributed by atoms with Crippen molar-refractivity contribution in [2.45, 2.75) is 6.92 Å². The number of rotatable bonds is 2. The second-order valence-electron chi connectivity index (χ2n) is 1.49. The first-order valence-electron chi connectivity index (χ1n) is 2.27. The molecule has 0 spiro atoms. The van der Waals surface area contributed by atoms with Crippen molar-refractivity contribution in [2.24, 2.45) is 5.73 Å². The molecule has 0 fully saturated rings. The van der Waals surface area contributed by atoms with E-state index in [1.165, 1.54) is 6.08 Å². The SMILES string of the molecule is C=CC(C)=CC(N)=O. The first kappa shape index (κ1) is 6.95. The van der Waals surface area contributed by atoms with Crippen LogP contribution < -0.4 is 5.73 Å². The maximum atomic E-state index is 10.1. The van der Waals surface area contributed by atoms with Gasteiger partial charge < -0.3 is 5.73 Å². The molecule has 0 heterocycles. The number of amides is 1. The van der Waals surface area contributed by atoms with E-state index in [2.05, 4.69) is 6.58 Å². The number of carbonyl (C=O) groups excluding carboxylic acids is 1. The lowest BCUT2D eigenvalue weighted by Gasteiger charge is -1.83. The van der Waals surface area contributed by atoms with Crippen molar-refractivity contribution in [3.8, 4) is 0 Å². The molecule has 0 bridgehead atoms. The van der Waals surface area contributed by atoms with E-state index in [0.29, 0.717) is 0 Å². The fourth-order valence-electron chi connectivity index (χ4n) is 0.283. The Labute approximate surface area is 48.7 Å². The number of hydrogen-bond donors (Lipinski definition) is 1. The van der Waals surface area contributed by atoms with E-state index in [4.69, 9.17) is 5.73 Å². The highest BCUT2D eigenvalue weighted by Gasteiger charge is 1.83. The summed E-state index contributed by atoms with van der Waals surface area (Å²) in [6.07, 6.45) is 2.90. The van der Waals surface area contributed by atoms with Crippen molar-refractivity contribution in [1.82, 2.24) is 0 Å². The minimum atomic E-state index is -0.428. The van der Waals surface area contributed by atoms with Gasteiger partial charge in [0.25, 0.3) is 0 Å². The second-order valence-corrected chi connectivity index (χ2v) is 1.49. The third-order valence-electron chi connectivity index (χ3n) is 0.692. The standard InChI is InChI=1S/C6H9NO/c1-3-5(2)4-6(7)8/h3-4H,1H2,2H3,(H2,7,8). The Kier molecular flexibility index (Phi) is 2.62. The Morgan fingerprint density at radius 3 is 2.38 bits per heavy atom. The number of allylic oxidation sites excluding steroid dienone is 2. The number of hydrogen-bond acceptors (Lipinski definition) is 1. The molecule has 2 nitrogen and oxygen atoms in total. The average molecular weight is 111 g/mol. The van der Waals surface area contributed by atoms with Gasteiger partial charge in [0.1, 0.15) is 0 Å². The van der Waals surface area contributed by atoms with Crippen molar-refractivity contribution in [1.29, 1.82) is 0 Å². The molecule has 0 rings (SSSR count). The summed E-state index contributed by atoms with van der Waals surface area (Å²) in [5.41, 5.74) is 5.60. The van der Waals surface area contributed by atoms with Gasteiger partial charge in [0, 0.05) is 6.08 Å². The molecule has 44 valence electrons. The maximum absolute atomic E-state index is 10.1. The molecular formula is C6H9NO. The zero-order valence-electron chi connectivity index (χ0n) is 4.85. The lowest BCUT2D eigenvalue weighted by Crippen LogP contribution is -2.06. The highest BCUT2D eigenvalue weighted by molar-refractivity contribution is 5.86. The average Bonchev–Trinajstić information content (AvgIpc) is 1.65. The Morgan fingerprint density at radius 2 is 2.25 bits per heavy atom. The van der Waals surface area contributed by atoms with Gasteiger partial charge in [-0.05, 0) is 12.5 Å². The van der Waals surface area contributed by atoms with Gasteiger partial charge in [-0.1, -0.05) is 12.7 Å². The summed E-state index contributed by atoms with van der Waals surface area (Å²) in [5, 5.41) is 0. The summed E-state index contributed by atoms with van der Waals surface area (Å²) < 4.78 is 0. The molecule has 0 aromatic carbocycles. The summed E-state index contributed by atoms with van der Waals surface area (Å²) in [6.45, 7) is 5.20. The van der Waals surface area contributed by atoms with E-state index in [-0.39, 0.29) is 0 Å². The highest BCUT2D eigenvalue weighted by Crippen LogP contribution is 1.89. The van der Waals surface area contributed by atoms with E-state index in [1.807, 2.05) is 0 Å². The highest BCUT2D eigenvalue weighted by atomic mass is 16.1. The summed E-state index contributed by atoms with van der Waals surface area (Å²) in [4.78, 5) is 10.1. The molecule has 8 heavy (non-hydrogen) atoms. The Morgan fingerprint density at radius 1 is 1.75 bits per heavy atom. The minimum absolute atomic E-state index is 0.428. The Hall–Kier alpha value is -1.05. The smallest absolute Gasteiger partial charge is 0.241 e. The van der Waals surface area contributed by atoms with Crippen LogP contribution in [0.15, 0.2) is 24.3 Å². The Bertz CT molecular complexity index is 135. The van der Waals surface area contributed by atoms with Crippen LogP contribution in [0.3, 0.4) is 0 Å². The van der Waals surface area contributed by atoms with E-state index in [9.17, 15) is 4.79 Å². The molecule has 2 N–H and O–H groups in total. The predicted octanol–water partition coefficient (Wildman–Crippen LogP) is 0.604. The van der Waals surface area contributed by atoms with Gasteiger partial charge in [0.2, 0.25) is 5.91 Å². The van der Waals surface area contributed by atoms with Gasteiger partial charge in [-0.2, -0.15) is 0 Å². The molecular weight excluding hydrogens is 102 g/mol. The van der Waals surface area contributed by atoms with Crippen LogP contribution in [0.2, 0.25) is 0 Å². The molecule has 0 saturated heterocycles. The molecule has 2 heteroatoms. The van der Waals surface area contributed by atoms with Gasteiger partial charge in [0.15, 0.2) is 0 Å². The van der Waals surface area contributed by atoms with Crippen LogP contribution in [0, 0.1) is 0 Å². The molecule has 1 amide bonds. The summed E-state index contributed by atoms with van der Waals surface area (Å²) in [6, 6.07) is 0. The number of primary amides is 1. The van der Waals surface area contributed by atoms with E-state index in [0.717, 1.165) is 5.57 Å². The fourth-order valence-corrected chi connectivity index (χ4v) is 0.283. The molecule has 0 aromatic rings. The third-order valence-corrected chi connectivity index (χ3v) is 0.692.